The predicted octanol–water partition coefficient (Wildman–Crippen LogP) is 2.62. The van der Waals surface area contributed by atoms with E-state index in [1.54, 1.807) is 12.1 Å². The second-order valence-electron chi connectivity index (χ2n) is 5.98. The van der Waals surface area contributed by atoms with Crippen LogP contribution in [0.25, 0.3) is 0 Å². The molecule has 0 radical (unpaired) electrons. The molecule has 2 aliphatic heterocycles. The molecule has 0 spiro atoms. The topological polar surface area (TPSA) is 58.4 Å². The van der Waals surface area contributed by atoms with E-state index in [4.69, 9.17) is 0 Å². The first-order chi connectivity index (χ1) is 9.60. The minimum absolute atomic E-state index is 0.184. The molecule has 2 saturated heterocycles. The summed E-state index contributed by atoms with van der Waals surface area (Å²) in [5.74, 6) is 0. The van der Waals surface area contributed by atoms with Crippen LogP contribution in [0.15, 0.2) is 18.2 Å². The number of rotatable bonds is 3. The Balaban J connectivity index is 1.89. The third-order valence-corrected chi connectivity index (χ3v) is 4.81. The Hall–Kier alpha value is -1.62. The van der Waals surface area contributed by atoms with Gasteiger partial charge in [0.25, 0.3) is 5.69 Å². The molecule has 1 N–H and O–H groups in total. The molecule has 20 heavy (non-hydrogen) atoms. The van der Waals surface area contributed by atoms with E-state index in [2.05, 4.69) is 10.2 Å². The van der Waals surface area contributed by atoms with Crippen LogP contribution >= 0.6 is 0 Å². The summed E-state index contributed by atoms with van der Waals surface area (Å²) in [7, 11) is 2.04. The van der Waals surface area contributed by atoms with Gasteiger partial charge in [-0.15, -0.1) is 0 Å². The molecule has 5 heteroatoms. The lowest BCUT2D eigenvalue weighted by molar-refractivity contribution is -0.384. The highest BCUT2D eigenvalue weighted by atomic mass is 16.6. The fourth-order valence-corrected chi connectivity index (χ4v) is 3.85. The number of benzene rings is 1. The second kappa shape index (κ2) is 5.05. The minimum Gasteiger partial charge on any atom is -0.365 e. The zero-order valence-electron chi connectivity index (χ0n) is 12.0. The van der Waals surface area contributed by atoms with Crippen LogP contribution < -0.4 is 10.2 Å². The molecule has 108 valence electrons. The summed E-state index contributed by atoms with van der Waals surface area (Å²) in [5, 5.41) is 14.2. The van der Waals surface area contributed by atoms with Crippen molar-refractivity contribution in [3.05, 3.63) is 33.9 Å². The summed E-state index contributed by atoms with van der Waals surface area (Å²) < 4.78 is 0. The summed E-state index contributed by atoms with van der Waals surface area (Å²) in [4.78, 5) is 13.0. The zero-order valence-corrected chi connectivity index (χ0v) is 12.0. The highest BCUT2D eigenvalue weighted by Gasteiger charge is 2.40. The van der Waals surface area contributed by atoms with Gasteiger partial charge in [-0.25, -0.2) is 0 Å². The molecule has 2 aliphatic rings. The van der Waals surface area contributed by atoms with Gasteiger partial charge in [0.2, 0.25) is 0 Å². The molecule has 2 bridgehead atoms. The summed E-state index contributed by atoms with van der Waals surface area (Å²) in [6, 6.07) is 7.02. The molecule has 3 rings (SSSR count). The van der Waals surface area contributed by atoms with Gasteiger partial charge in [-0.2, -0.15) is 0 Å². The van der Waals surface area contributed by atoms with E-state index in [0.29, 0.717) is 18.1 Å². The molecule has 0 aromatic heterocycles. The van der Waals surface area contributed by atoms with E-state index >= 15 is 0 Å². The van der Waals surface area contributed by atoms with Crippen LogP contribution in [-0.4, -0.2) is 30.1 Å². The van der Waals surface area contributed by atoms with Crippen LogP contribution in [0.1, 0.15) is 31.2 Å². The van der Waals surface area contributed by atoms with Crippen LogP contribution in [0.2, 0.25) is 0 Å². The first kappa shape index (κ1) is 13.4. The van der Waals surface area contributed by atoms with E-state index in [1.165, 1.54) is 31.4 Å². The number of fused-ring (bicyclic) bond motifs is 2. The van der Waals surface area contributed by atoms with Gasteiger partial charge in [0.15, 0.2) is 0 Å². The van der Waals surface area contributed by atoms with Crippen molar-refractivity contribution in [2.45, 2.75) is 50.7 Å². The first-order valence-electron chi connectivity index (χ1n) is 7.30. The van der Waals surface area contributed by atoms with Crippen LogP contribution in [0, 0.1) is 17.0 Å². The van der Waals surface area contributed by atoms with Crippen LogP contribution in [0.4, 0.5) is 11.4 Å². The van der Waals surface area contributed by atoms with E-state index in [1.807, 2.05) is 20.0 Å². The average Bonchev–Trinajstić information content (AvgIpc) is 2.69. The van der Waals surface area contributed by atoms with Crippen molar-refractivity contribution in [2.75, 3.05) is 11.9 Å². The molecular formula is C15H21N3O2. The molecular weight excluding hydrogens is 254 g/mol. The van der Waals surface area contributed by atoms with Gasteiger partial charge in [-0.3, -0.25) is 10.1 Å². The number of aryl methyl sites for hydroxylation is 1. The largest absolute Gasteiger partial charge is 0.365 e. The Morgan fingerprint density at radius 1 is 1.30 bits per heavy atom. The fraction of sp³-hybridized carbons (Fsp3) is 0.600. The number of non-ortho nitro benzene ring substituents is 1. The number of nitrogens with one attached hydrogen (secondary N) is 1. The molecule has 5 nitrogen and oxygen atoms in total. The van der Waals surface area contributed by atoms with Gasteiger partial charge in [-0.05, 0) is 51.3 Å². The predicted molar refractivity (Wildman–Crippen MR) is 79.2 cm³/mol. The molecule has 1 aromatic carbocycles. The number of nitro groups is 1. The second-order valence-corrected chi connectivity index (χ2v) is 5.98. The lowest BCUT2D eigenvalue weighted by Crippen LogP contribution is -2.48. The molecule has 1 aromatic rings. The third kappa shape index (κ3) is 2.16. The number of anilines is 1. The van der Waals surface area contributed by atoms with Crippen molar-refractivity contribution in [1.29, 1.82) is 0 Å². The molecule has 2 fully saturated rings. The van der Waals surface area contributed by atoms with Gasteiger partial charge in [0, 0.05) is 35.9 Å². The standard InChI is InChI=1S/C15H21N3O2/c1-10-7-14(18(19)20)5-6-15(10)17-12-3-4-13(17)9-11(8-12)16-2/h5-7,11-13,16H,3-4,8-9H2,1-2H3. The Bertz CT molecular complexity index is 518. The average molecular weight is 275 g/mol. The maximum absolute atomic E-state index is 10.8. The molecule has 2 heterocycles. The number of nitro benzene ring substituents is 1. The van der Waals surface area contributed by atoms with Crippen LogP contribution in [0.5, 0.6) is 0 Å². The Labute approximate surface area is 119 Å². The maximum atomic E-state index is 10.8. The monoisotopic (exact) mass is 275 g/mol. The van der Waals surface area contributed by atoms with Crippen molar-refractivity contribution in [1.82, 2.24) is 5.32 Å². The lowest BCUT2D eigenvalue weighted by Gasteiger charge is -2.41. The maximum Gasteiger partial charge on any atom is 0.269 e. The first-order valence-corrected chi connectivity index (χ1v) is 7.30. The summed E-state index contributed by atoms with van der Waals surface area (Å²) in [6.07, 6.45) is 4.81. The normalized spacial score (nSPS) is 28.7. The van der Waals surface area contributed by atoms with E-state index in [9.17, 15) is 10.1 Å². The lowest BCUT2D eigenvalue weighted by atomic mass is 9.96. The van der Waals surface area contributed by atoms with Crippen LogP contribution in [-0.2, 0) is 0 Å². The third-order valence-electron chi connectivity index (χ3n) is 4.81. The molecule has 0 amide bonds. The quantitative estimate of drug-likeness (QED) is 0.680. The van der Waals surface area contributed by atoms with Crippen molar-refractivity contribution < 1.29 is 4.92 Å². The highest BCUT2D eigenvalue weighted by molar-refractivity contribution is 5.59. The van der Waals surface area contributed by atoms with Crippen molar-refractivity contribution in [3.63, 3.8) is 0 Å². The highest BCUT2D eigenvalue weighted by Crippen LogP contribution is 2.41. The van der Waals surface area contributed by atoms with Gasteiger partial charge in [0.05, 0.1) is 4.92 Å². The smallest absolute Gasteiger partial charge is 0.269 e. The van der Waals surface area contributed by atoms with E-state index in [0.717, 1.165) is 5.56 Å². The van der Waals surface area contributed by atoms with Crippen molar-refractivity contribution >= 4 is 11.4 Å². The number of nitrogens with zero attached hydrogens (tertiary/aromatic N) is 2. The number of piperidine rings is 1. The van der Waals surface area contributed by atoms with Crippen molar-refractivity contribution in [2.24, 2.45) is 0 Å². The fourth-order valence-electron chi connectivity index (χ4n) is 3.85. The number of hydrogen-bond acceptors (Lipinski definition) is 4. The van der Waals surface area contributed by atoms with E-state index in [-0.39, 0.29) is 10.6 Å². The Morgan fingerprint density at radius 3 is 2.45 bits per heavy atom. The van der Waals surface area contributed by atoms with Crippen LogP contribution in [0.3, 0.4) is 0 Å². The van der Waals surface area contributed by atoms with Gasteiger partial charge >= 0.3 is 0 Å². The summed E-state index contributed by atoms with van der Waals surface area (Å²) in [6.45, 7) is 1.98. The minimum atomic E-state index is -0.321. The van der Waals surface area contributed by atoms with Crippen molar-refractivity contribution in [3.8, 4) is 0 Å². The SMILES string of the molecule is CNC1CC2CCC(C1)N2c1ccc([N+](=O)[O-])cc1C. The molecule has 2 unspecified atom stereocenters. The molecule has 0 saturated carbocycles. The summed E-state index contributed by atoms with van der Waals surface area (Å²) >= 11 is 0. The van der Waals surface area contributed by atoms with Gasteiger partial charge in [-0.1, -0.05) is 0 Å². The summed E-state index contributed by atoms with van der Waals surface area (Å²) in [5.41, 5.74) is 2.38. The van der Waals surface area contributed by atoms with E-state index < -0.39 is 0 Å². The molecule has 2 atom stereocenters. The Morgan fingerprint density at radius 2 is 1.95 bits per heavy atom. The Kier molecular flexibility index (Phi) is 3.38. The zero-order chi connectivity index (χ0) is 14.3. The molecule has 0 aliphatic carbocycles. The van der Waals surface area contributed by atoms with Gasteiger partial charge < -0.3 is 10.2 Å². The van der Waals surface area contributed by atoms with Gasteiger partial charge in [0.1, 0.15) is 0 Å². The number of hydrogen-bond donors (Lipinski definition) is 1.